The first kappa shape index (κ1) is 16.0. The molecule has 2 heteroatoms. The molecule has 1 fully saturated rings. The van der Waals surface area contributed by atoms with Gasteiger partial charge in [-0.25, -0.2) is 0 Å². The van der Waals surface area contributed by atoms with Crippen LogP contribution in [0.5, 0.6) is 0 Å². The Labute approximate surface area is 116 Å². The van der Waals surface area contributed by atoms with E-state index < -0.39 is 8.07 Å². The summed E-state index contributed by atoms with van der Waals surface area (Å²) in [6.07, 6.45) is 6.96. The molecule has 0 unspecified atom stereocenters. The van der Waals surface area contributed by atoms with Crippen LogP contribution in [0.4, 0.5) is 0 Å². The molecule has 0 spiro atoms. The summed E-state index contributed by atoms with van der Waals surface area (Å²) >= 11 is 0. The lowest BCUT2D eigenvalue weighted by Gasteiger charge is -2.33. The van der Waals surface area contributed by atoms with Crippen LogP contribution < -0.4 is 0 Å². The summed E-state index contributed by atoms with van der Waals surface area (Å²) in [4.78, 5) is 2.66. The second-order valence-electron chi connectivity index (χ2n) is 6.21. The van der Waals surface area contributed by atoms with Crippen molar-refractivity contribution in [1.82, 2.24) is 4.90 Å². The molecule has 0 aromatic rings. The van der Waals surface area contributed by atoms with Crippen LogP contribution in [0.2, 0.25) is 18.1 Å². The molecule has 0 N–H and O–H groups in total. The largest absolute Gasteiger partial charge is 0.303 e. The highest BCUT2D eigenvalue weighted by Gasteiger charge is 2.31. The number of hydrogen-bond donors (Lipinski definition) is 0. The van der Waals surface area contributed by atoms with E-state index in [-0.39, 0.29) is 0 Å². The number of rotatable bonds is 9. The molecule has 0 atom stereocenters. The van der Waals surface area contributed by atoms with E-state index >= 15 is 0 Å². The molecule has 0 aromatic carbocycles. The average Bonchev–Trinajstić information content (AvgIpc) is 2.82. The van der Waals surface area contributed by atoms with Crippen LogP contribution in [0.25, 0.3) is 0 Å². The summed E-state index contributed by atoms with van der Waals surface area (Å²) in [5.41, 5.74) is 0. The van der Waals surface area contributed by atoms with Crippen molar-refractivity contribution in [3.63, 3.8) is 0 Å². The fourth-order valence-electron chi connectivity index (χ4n) is 3.62. The van der Waals surface area contributed by atoms with Gasteiger partial charge in [-0.15, -0.1) is 6.58 Å². The fraction of sp³-hybridized carbons (Fsp3) is 0.875. The molecule has 0 radical (unpaired) electrons. The quantitative estimate of drug-likeness (QED) is 0.539. The Kier molecular flexibility index (Phi) is 7.24. The normalized spacial score (nSPS) is 17.3. The van der Waals surface area contributed by atoms with Crippen LogP contribution in [0.3, 0.4) is 0 Å². The zero-order chi connectivity index (χ0) is 13.4. The first-order valence-electron chi connectivity index (χ1n) is 8.03. The van der Waals surface area contributed by atoms with E-state index in [0.717, 1.165) is 0 Å². The van der Waals surface area contributed by atoms with Crippen LogP contribution >= 0.6 is 0 Å². The van der Waals surface area contributed by atoms with Crippen molar-refractivity contribution in [3.8, 4) is 0 Å². The van der Waals surface area contributed by atoms with Gasteiger partial charge in [-0.3, -0.25) is 0 Å². The molecule has 18 heavy (non-hydrogen) atoms. The van der Waals surface area contributed by atoms with Gasteiger partial charge in [0.1, 0.15) is 0 Å². The molecule has 0 bridgehead atoms. The highest BCUT2D eigenvalue weighted by Crippen LogP contribution is 2.32. The lowest BCUT2D eigenvalue weighted by molar-refractivity contribution is 0.339. The van der Waals surface area contributed by atoms with E-state index in [1.807, 2.05) is 0 Å². The third-order valence-electron chi connectivity index (χ3n) is 4.69. The number of allylic oxidation sites excluding steroid dienone is 1. The highest BCUT2D eigenvalue weighted by molar-refractivity contribution is 6.86. The van der Waals surface area contributed by atoms with Gasteiger partial charge >= 0.3 is 0 Å². The van der Waals surface area contributed by atoms with Gasteiger partial charge < -0.3 is 4.90 Å². The van der Waals surface area contributed by atoms with E-state index in [0.29, 0.717) is 0 Å². The minimum absolute atomic E-state index is 1.17. The maximum Gasteiger partial charge on any atom is 0.0804 e. The maximum atomic E-state index is 4.36. The molecule has 1 aliphatic heterocycles. The van der Waals surface area contributed by atoms with Crippen molar-refractivity contribution in [2.45, 2.75) is 71.0 Å². The molecule has 0 aliphatic carbocycles. The second kappa shape index (κ2) is 8.16. The smallest absolute Gasteiger partial charge is 0.0804 e. The van der Waals surface area contributed by atoms with Crippen molar-refractivity contribution in [1.29, 1.82) is 0 Å². The van der Waals surface area contributed by atoms with Crippen LogP contribution in [-0.2, 0) is 0 Å². The number of nitrogens with zero attached hydrogens (tertiary/aromatic N) is 1. The highest BCUT2D eigenvalue weighted by atomic mass is 28.3. The topological polar surface area (TPSA) is 3.24 Å². The van der Waals surface area contributed by atoms with Gasteiger partial charge in [0.05, 0.1) is 8.07 Å². The first-order chi connectivity index (χ1) is 8.64. The molecule has 1 rings (SSSR count). The Hall–Kier alpha value is -0.0831. The van der Waals surface area contributed by atoms with Crippen molar-refractivity contribution in [2.75, 3.05) is 19.6 Å². The van der Waals surface area contributed by atoms with Gasteiger partial charge in [-0.2, -0.15) is 0 Å². The van der Waals surface area contributed by atoms with Gasteiger partial charge in [0, 0.05) is 0 Å². The monoisotopic (exact) mass is 267 g/mol. The van der Waals surface area contributed by atoms with Crippen molar-refractivity contribution in [3.05, 3.63) is 11.8 Å². The Balaban J connectivity index is 2.45. The van der Waals surface area contributed by atoms with E-state index in [1.54, 1.807) is 5.20 Å². The Bertz CT molecular complexity index is 237. The lowest BCUT2D eigenvalue weighted by atomic mass is 10.4. The number of likely N-dealkylation sites (tertiary alicyclic amines) is 1. The molecule has 106 valence electrons. The van der Waals surface area contributed by atoms with Crippen LogP contribution in [0, 0.1) is 0 Å². The molecule has 1 saturated heterocycles. The van der Waals surface area contributed by atoms with Crippen LogP contribution in [0.1, 0.15) is 52.9 Å². The van der Waals surface area contributed by atoms with Crippen molar-refractivity contribution in [2.24, 2.45) is 0 Å². The minimum atomic E-state index is -1.17. The first-order valence-corrected chi connectivity index (χ1v) is 10.6. The summed E-state index contributed by atoms with van der Waals surface area (Å²) in [7, 11) is -1.17. The predicted molar refractivity (Wildman–Crippen MR) is 85.9 cm³/mol. The molecule has 1 nitrogen and oxygen atoms in total. The Morgan fingerprint density at radius 1 is 1.06 bits per heavy atom. The lowest BCUT2D eigenvalue weighted by Crippen LogP contribution is -2.36. The summed E-state index contributed by atoms with van der Waals surface area (Å²) in [5, 5.41) is 1.56. The average molecular weight is 268 g/mol. The third kappa shape index (κ3) is 4.54. The summed E-state index contributed by atoms with van der Waals surface area (Å²) in [5.74, 6) is 0. The summed E-state index contributed by atoms with van der Waals surface area (Å²) in [6.45, 7) is 15.4. The zero-order valence-corrected chi connectivity index (χ0v) is 13.9. The van der Waals surface area contributed by atoms with E-state index in [2.05, 4.69) is 32.3 Å². The van der Waals surface area contributed by atoms with E-state index in [1.165, 1.54) is 69.9 Å². The Morgan fingerprint density at radius 3 is 2.06 bits per heavy atom. The molecular formula is C16H33NSi. The maximum absolute atomic E-state index is 4.36. The number of hydrogen-bond acceptors (Lipinski definition) is 1. The van der Waals surface area contributed by atoms with Gasteiger partial charge in [0.15, 0.2) is 0 Å². The van der Waals surface area contributed by atoms with Gasteiger partial charge in [-0.1, -0.05) is 50.0 Å². The molecular weight excluding hydrogens is 234 g/mol. The molecule has 1 aliphatic rings. The summed E-state index contributed by atoms with van der Waals surface area (Å²) < 4.78 is 0. The summed E-state index contributed by atoms with van der Waals surface area (Å²) in [6, 6.07) is 4.42. The van der Waals surface area contributed by atoms with Crippen LogP contribution in [-0.4, -0.2) is 32.6 Å². The molecule has 0 saturated carbocycles. The minimum Gasteiger partial charge on any atom is -0.303 e. The van der Waals surface area contributed by atoms with Gasteiger partial charge in [0.25, 0.3) is 0 Å². The third-order valence-corrected chi connectivity index (χ3v) is 10.7. The van der Waals surface area contributed by atoms with Crippen LogP contribution in [0.15, 0.2) is 11.8 Å². The predicted octanol–water partition coefficient (Wildman–Crippen LogP) is 4.86. The fourth-order valence-corrected chi connectivity index (χ4v) is 8.40. The van der Waals surface area contributed by atoms with Crippen molar-refractivity contribution >= 4 is 8.07 Å². The van der Waals surface area contributed by atoms with Crippen molar-refractivity contribution < 1.29 is 0 Å². The molecule has 0 aromatic heterocycles. The zero-order valence-electron chi connectivity index (χ0n) is 12.9. The van der Waals surface area contributed by atoms with E-state index in [9.17, 15) is 0 Å². The van der Waals surface area contributed by atoms with Gasteiger partial charge in [-0.05, 0) is 45.8 Å². The Morgan fingerprint density at radius 2 is 1.61 bits per heavy atom. The van der Waals surface area contributed by atoms with E-state index in [4.69, 9.17) is 0 Å². The second-order valence-corrected chi connectivity index (χ2v) is 11.1. The standard InChI is InChI=1S/C16H33NSi/c1-5-13-18(14-6-2,16(3)4)15-9-12-17-10-7-8-11-17/h3,5-15H2,1-2,4H3. The van der Waals surface area contributed by atoms with Gasteiger partial charge in [0.2, 0.25) is 0 Å². The SMILES string of the molecule is C=C(C)[Si](CCC)(CCC)CCCN1CCCC1. The molecule has 1 heterocycles. The molecule has 0 amide bonds.